The van der Waals surface area contributed by atoms with Crippen molar-refractivity contribution < 1.29 is 37.3 Å². The summed E-state index contributed by atoms with van der Waals surface area (Å²) < 4.78 is 42.1. The maximum Gasteiger partial charge on any atom is 0.295 e. The number of ketones is 1. The second-order valence-corrected chi connectivity index (χ2v) is 10.6. The highest BCUT2D eigenvalue weighted by Crippen LogP contribution is 2.42. The molecule has 1 N–H and O–H groups in total. The third-order valence-corrected chi connectivity index (χ3v) is 7.83. The van der Waals surface area contributed by atoms with Crippen molar-refractivity contribution in [3.8, 4) is 11.5 Å². The highest BCUT2D eigenvalue weighted by molar-refractivity contribution is 7.89. The Morgan fingerprint density at radius 1 is 1.05 bits per heavy atom. The molecule has 0 bridgehead atoms. The van der Waals surface area contributed by atoms with Gasteiger partial charge in [0, 0.05) is 39.9 Å². The van der Waals surface area contributed by atoms with E-state index in [9.17, 15) is 23.1 Å². The number of hydrogen-bond acceptors (Lipinski definition) is 8. The number of methoxy groups -OCH3 is 2. The van der Waals surface area contributed by atoms with Crippen LogP contribution in [0.1, 0.15) is 30.5 Å². The molecule has 1 amide bonds. The van der Waals surface area contributed by atoms with E-state index in [1.807, 2.05) is 6.92 Å². The molecule has 0 spiro atoms. The lowest BCUT2D eigenvalue weighted by molar-refractivity contribution is -0.140. The Labute approximate surface area is 217 Å². The van der Waals surface area contributed by atoms with Crippen molar-refractivity contribution >= 4 is 27.5 Å². The molecule has 2 aromatic rings. The summed E-state index contributed by atoms with van der Waals surface area (Å²) in [6.07, 6.45) is 0.477. The maximum atomic E-state index is 13.2. The molecule has 0 saturated carbocycles. The second-order valence-electron chi connectivity index (χ2n) is 8.49. The van der Waals surface area contributed by atoms with Crippen LogP contribution in [0.5, 0.6) is 11.5 Å². The van der Waals surface area contributed by atoms with E-state index in [0.717, 1.165) is 4.31 Å². The standard InChI is InChI=1S/C26H32N2O8S/c1-6-36-20-13-10-18(16-21(20)35-5)23-22(25(30)26(31)28(23)14-7-15-34-4)24(29)17-8-11-19(12-9-17)37(32,33)27(2)3/h8-13,16,23,29H,6-7,14-15H2,1-5H3/t23-/m1/s1. The summed E-state index contributed by atoms with van der Waals surface area (Å²) in [7, 11) is 2.18. The lowest BCUT2D eigenvalue weighted by Crippen LogP contribution is -2.31. The van der Waals surface area contributed by atoms with Crippen molar-refractivity contribution in [3.05, 3.63) is 59.2 Å². The SMILES string of the molecule is CCOc1ccc([C@@H]2C(=C(O)c3ccc(S(=O)(=O)N(C)C)cc3)C(=O)C(=O)N2CCCOC)cc1OC. The molecule has 1 atom stereocenters. The van der Waals surface area contributed by atoms with Gasteiger partial charge < -0.3 is 24.2 Å². The van der Waals surface area contributed by atoms with Gasteiger partial charge in [0.15, 0.2) is 11.5 Å². The molecule has 11 heteroatoms. The van der Waals surface area contributed by atoms with Crippen LogP contribution in [0.3, 0.4) is 0 Å². The molecule has 1 fully saturated rings. The molecule has 0 aliphatic carbocycles. The molecule has 0 aromatic heterocycles. The van der Waals surface area contributed by atoms with Gasteiger partial charge in [-0.3, -0.25) is 9.59 Å². The first kappa shape index (κ1) is 28.2. The highest BCUT2D eigenvalue weighted by Gasteiger charge is 2.46. The predicted octanol–water partition coefficient (Wildman–Crippen LogP) is 2.80. The van der Waals surface area contributed by atoms with Gasteiger partial charge in [0.25, 0.3) is 11.7 Å². The molecule has 1 aliphatic heterocycles. The number of Topliss-reactive ketones (excluding diaryl/α,β-unsaturated/α-hetero) is 1. The van der Waals surface area contributed by atoms with Crippen LogP contribution in [-0.4, -0.2) is 82.5 Å². The zero-order valence-electron chi connectivity index (χ0n) is 21.6. The number of ether oxygens (including phenoxy) is 3. The molecular formula is C26H32N2O8S. The van der Waals surface area contributed by atoms with Gasteiger partial charge in [0.2, 0.25) is 10.0 Å². The van der Waals surface area contributed by atoms with Crippen molar-refractivity contribution in [2.45, 2.75) is 24.3 Å². The molecule has 200 valence electrons. The first-order valence-electron chi connectivity index (χ1n) is 11.7. The first-order valence-corrected chi connectivity index (χ1v) is 13.1. The van der Waals surface area contributed by atoms with Crippen molar-refractivity contribution in [1.82, 2.24) is 9.21 Å². The number of sulfonamides is 1. The number of carbonyl (C=O) groups is 2. The Morgan fingerprint density at radius 2 is 1.73 bits per heavy atom. The summed E-state index contributed by atoms with van der Waals surface area (Å²) >= 11 is 0. The molecule has 2 aromatic carbocycles. The van der Waals surface area contributed by atoms with Gasteiger partial charge in [-0.05, 0) is 55.3 Å². The van der Waals surface area contributed by atoms with Gasteiger partial charge in [-0.2, -0.15) is 0 Å². The van der Waals surface area contributed by atoms with Gasteiger partial charge >= 0.3 is 0 Å². The Bertz CT molecular complexity index is 1290. The van der Waals surface area contributed by atoms with Gasteiger partial charge in [-0.25, -0.2) is 12.7 Å². The lowest BCUT2D eigenvalue weighted by Gasteiger charge is -2.26. The van der Waals surface area contributed by atoms with Crippen LogP contribution in [0.4, 0.5) is 0 Å². The number of amides is 1. The van der Waals surface area contributed by atoms with E-state index in [4.69, 9.17) is 14.2 Å². The van der Waals surface area contributed by atoms with Crippen LogP contribution in [-0.2, 0) is 24.3 Å². The number of carbonyl (C=O) groups excluding carboxylic acids is 2. The largest absolute Gasteiger partial charge is 0.507 e. The van der Waals surface area contributed by atoms with Crippen LogP contribution in [0.25, 0.3) is 5.76 Å². The molecule has 1 aliphatic rings. The van der Waals surface area contributed by atoms with Crippen molar-refractivity contribution in [1.29, 1.82) is 0 Å². The minimum absolute atomic E-state index is 0.0295. The summed E-state index contributed by atoms with van der Waals surface area (Å²) in [4.78, 5) is 27.7. The van der Waals surface area contributed by atoms with E-state index in [-0.39, 0.29) is 22.6 Å². The summed E-state index contributed by atoms with van der Waals surface area (Å²) in [6.45, 7) is 2.86. The molecular weight excluding hydrogens is 500 g/mol. The molecule has 0 unspecified atom stereocenters. The van der Waals surface area contributed by atoms with Gasteiger partial charge in [-0.15, -0.1) is 0 Å². The summed E-state index contributed by atoms with van der Waals surface area (Å²) in [5, 5.41) is 11.2. The van der Waals surface area contributed by atoms with Crippen LogP contribution in [0, 0.1) is 0 Å². The molecule has 1 heterocycles. The van der Waals surface area contributed by atoms with Gasteiger partial charge in [-0.1, -0.05) is 6.07 Å². The van der Waals surface area contributed by atoms with Crippen molar-refractivity contribution in [3.63, 3.8) is 0 Å². The highest BCUT2D eigenvalue weighted by atomic mass is 32.2. The molecule has 37 heavy (non-hydrogen) atoms. The number of nitrogens with zero attached hydrogens (tertiary/aromatic N) is 2. The van der Waals surface area contributed by atoms with Gasteiger partial charge in [0.1, 0.15) is 5.76 Å². The molecule has 3 rings (SSSR count). The third kappa shape index (κ3) is 5.63. The fourth-order valence-electron chi connectivity index (χ4n) is 4.12. The Kier molecular flexibility index (Phi) is 8.95. The van der Waals surface area contributed by atoms with Crippen LogP contribution >= 0.6 is 0 Å². The number of benzene rings is 2. The molecule has 10 nitrogen and oxygen atoms in total. The second kappa shape index (κ2) is 11.8. The average Bonchev–Trinajstić information content (AvgIpc) is 3.13. The summed E-state index contributed by atoms with van der Waals surface area (Å²) in [5.74, 6) is -1.07. The number of aliphatic hydroxyl groups excluding tert-OH is 1. The number of rotatable bonds is 11. The fourth-order valence-corrected chi connectivity index (χ4v) is 5.02. The minimum Gasteiger partial charge on any atom is -0.507 e. The van der Waals surface area contributed by atoms with E-state index >= 15 is 0 Å². The average molecular weight is 533 g/mol. The topological polar surface area (TPSA) is 123 Å². The summed E-state index contributed by atoms with van der Waals surface area (Å²) in [5.41, 5.74) is 0.651. The smallest absolute Gasteiger partial charge is 0.295 e. The predicted molar refractivity (Wildman–Crippen MR) is 137 cm³/mol. The summed E-state index contributed by atoms with van der Waals surface area (Å²) in [6, 6.07) is 9.67. The zero-order chi connectivity index (χ0) is 27.3. The van der Waals surface area contributed by atoms with E-state index in [1.54, 1.807) is 25.3 Å². The fraction of sp³-hybridized carbons (Fsp3) is 0.385. The number of likely N-dealkylation sites (tertiary alicyclic amines) is 1. The third-order valence-electron chi connectivity index (χ3n) is 6.00. The first-order chi connectivity index (χ1) is 17.6. The molecule has 1 saturated heterocycles. The van der Waals surface area contributed by atoms with E-state index < -0.39 is 33.5 Å². The molecule has 0 radical (unpaired) electrons. The van der Waals surface area contributed by atoms with Crippen molar-refractivity contribution in [2.75, 3.05) is 48.1 Å². The number of aliphatic hydroxyl groups is 1. The normalized spacial score (nSPS) is 17.5. The van der Waals surface area contributed by atoms with E-state index in [1.165, 1.54) is 50.4 Å². The van der Waals surface area contributed by atoms with Crippen LogP contribution in [0.2, 0.25) is 0 Å². The monoisotopic (exact) mass is 532 g/mol. The maximum absolute atomic E-state index is 13.2. The Morgan fingerprint density at radius 3 is 2.30 bits per heavy atom. The van der Waals surface area contributed by atoms with E-state index in [2.05, 4.69) is 0 Å². The zero-order valence-corrected chi connectivity index (χ0v) is 22.4. The van der Waals surface area contributed by atoms with Gasteiger partial charge in [0.05, 0.1) is 30.2 Å². The number of hydrogen-bond donors (Lipinski definition) is 1. The quantitative estimate of drug-likeness (QED) is 0.203. The van der Waals surface area contributed by atoms with E-state index in [0.29, 0.717) is 36.7 Å². The van der Waals surface area contributed by atoms with Crippen LogP contribution in [0.15, 0.2) is 52.9 Å². The van der Waals surface area contributed by atoms with Crippen molar-refractivity contribution in [2.24, 2.45) is 0 Å². The lowest BCUT2D eigenvalue weighted by atomic mass is 9.95. The van der Waals surface area contributed by atoms with Crippen LogP contribution < -0.4 is 9.47 Å². The Balaban J connectivity index is 2.14. The minimum atomic E-state index is -3.68. The Hall–Kier alpha value is -3.41.